The zero-order chi connectivity index (χ0) is 12.4. The highest BCUT2D eigenvalue weighted by molar-refractivity contribution is 5.84. The molecule has 1 aromatic rings. The average molecular weight is 233 g/mol. The van der Waals surface area contributed by atoms with Crippen molar-refractivity contribution in [2.24, 2.45) is 0 Å². The first kappa shape index (κ1) is 11.9. The maximum atomic E-state index is 11.8. The summed E-state index contributed by atoms with van der Waals surface area (Å²) in [5, 5.41) is 6.21. The molecule has 92 valence electrons. The van der Waals surface area contributed by atoms with Crippen molar-refractivity contribution in [1.82, 2.24) is 10.6 Å². The maximum absolute atomic E-state index is 11.8. The van der Waals surface area contributed by atoms with Crippen LogP contribution in [0.2, 0.25) is 0 Å². The minimum Gasteiger partial charge on any atom is -0.378 e. The van der Waals surface area contributed by atoms with Gasteiger partial charge in [-0.1, -0.05) is 12.1 Å². The number of hydrogen-bond acceptors (Lipinski definition) is 3. The number of piperazine rings is 1. The lowest BCUT2D eigenvalue weighted by Crippen LogP contribution is -2.52. The van der Waals surface area contributed by atoms with E-state index in [1.807, 2.05) is 43.3 Å². The molecule has 2 unspecified atom stereocenters. The Kier molecular flexibility index (Phi) is 3.33. The molecular formula is C13H19N3O. The molecule has 0 aliphatic carbocycles. The minimum absolute atomic E-state index is 0.0562. The second-order valence-corrected chi connectivity index (χ2v) is 4.73. The molecule has 2 N–H and O–H groups in total. The van der Waals surface area contributed by atoms with Crippen LogP contribution < -0.4 is 15.5 Å². The molecule has 1 aromatic carbocycles. The van der Waals surface area contributed by atoms with E-state index in [0.717, 1.165) is 11.3 Å². The van der Waals surface area contributed by atoms with Crippen LogP contribution in [0.25, 0.3) is 0 Å². The van der Waals surface area contributed by atoms with Gasteiger partial charge in [-0.25, -0.2) is 0 Å². The Morgan fingerprint density at radius 1 is 1.24 bits per heavy atom. The third-order valence-corrected chi connectivity index (χ3v) is 3.04. The van der Waals surface area contributed by atoms with Crippen LogP contribution in [0.15, 0.2) is 24.3 Å². The van der Waals surface area contributed by atoms with Crippen LogP contribution in [0.5, 0.6) is 0 Å². The van der Waals surface area contributed by atoms with E-state index in [-0.39, 0.29) is 11.9 Å². The molecule has 1 fully saturated rings. The number of carbonyl (C=O) groups is 1. The number of nitrogens with zero attached hydrogens (tertiary/aromatic N) is 1. The van der Waals surface area contributed by atoms with Gasteiger partial charge < -0.3 is 10.2 Å². The van der Waals surface area contributed by atoms with E-state index in [1.165, 1.54) is 0 Å². The van der Waals surface area contributed by atoms with E-state index < -0.39 is 0 Å². The van der Waals surface area contributed by atoms with Crippen molar-refractivity contribution in [3.8, 4) is 0 Å². The molecule has 0 saturated carbocycles. The molecule has 4 heteroatoms. The number of amides is 1. The summed E-state index contributed by atoms with van der Waals surface area (Å²) in [6, 6.07) is 8.16. The highest BCUT2D eigenvalue weighted by Gasteiger charge is 2.26. The zero-order valence-corrected chi connectivity index (χ0v) is 10.5. The van der Waals surface area contributed by atoms with Gasteiger partial charge in [0.25, 0.3) is 0 Å². The van der Waals surface area contributed by atoms with Gasteiger partial charge in [-0.15, -0.1) is 0 Å². The highest BCUT2D eigenvalue weighted by atomic mass is 16.2. The Hall–Kier alpha value is -1.55. The molecule has 4 nitrogen and oxygen atoms in total. The summed E-state index contributed by atoms with van der Waals surface area (Å²) in [6.45, 7) is 2.77. The number of benzene rings is 1. The summed E-state index contributed by atoms with van der Waals surface area (Å²) in [5.41, 5.74) is 2.15. The van der Waals surface area contributed by atoms with Gasteiger partial charge in [-0.2, -0.15) is 0 Å². The fraction of sp³-hybridized carbons (Fsp3) is 0.462. The van der Waals surface area contributed by atoms with Crippen molar-refractivity contribution in [1.29, 1.82) is 0 Å². The normalized spacial score (nSPS) is 24.3. The summed E-state index contributed by atoms with van der Waals surface area (Å²) in [4.78, 5) is 13.8. The number of nitrogens with one attached hydrogen (secondary N) is 2. The summed E-state index contributed by atoms with van der Waals surface area (Å²) >= 11 is 0. The molecule has 2 atom stereocenters. The Morgan fingerprint density at radius 3 is 2.47 bits per heavy atom. The van der Waals surface area contributed by atoms with Crippen LogP contribution >= 0.6 is 0 Å². The van der Waals surface area contributed by atoms with E-state index in [9.17, 15) is 4.79 Å². The van der Waals surface area contributed by atoms with Gasteiger partial charge in [0.2, 0.25) is 5.91 Å². The topological polar surface area (TPSA) is 44.4 Å². The highest BCUT2D eigenvalue weighted by Crippen LogP contribution is 2.20. The lowest BCUT2D eigenvalue weighted by molar-refractivity contribution is -0.125. The van der Waals surface area contributed by atoms with Crippen molar-refractivity contribution in [2.45, 2.75) is 19.0 Å². The molecule has 0 spiro atoms. The number of hydrogen-bond donors (Lipinski definition) is 2. The van der Waals surface area contributed by atoms with E-state index in [0.29, 0.717) is 12.6 Å². The Bertz CT molecular complexity index is 400. The third kappa shape index (κ3) is 2.58. The van der Waals surface area contributed by atoms with Gasteiger partial charge in [0.05, 0.1) is 0 Å². The average Bonchev–Trinajstić information content (AvgIpc) is 2.32. The van der Waals surface area contributed by atoms with Crippen molar-refractivity contribution in [3.05, 3.63) is 29.8 Å². The predicted molar refractivity (Wildman–Crippen MR) is 69.1 cm³/mol. The number of anilines is 1. The molecule has 1 aliphatic rings. The summed E-state index contributed by atoms with van der Waals surface area (Å²) in [7, 11) is 4.01. The molecule has 17 heavy (non-hydrogen) atoms. The summed E-state index contributed by atoms with van der Waals surface area (Å²) < 4.78 is 0. The van der Waals surface area contributed by atoms with E-state index >= 15 is 0 Å². The van der Waals surface area contributed by atoms with Gasteiger partial charge in [0.1, 0.15) is 6.04 Å². The minimum atomic E-state index is -0.227. The molecule has 2 rings (SSSR count). The largest absolute Gasteiger partial charge is 0.378 e. The van der Waals surface area contributed by atoms with Gasteiger partial charge in [0.15, 0.2) is 0 Å². The van der Waals surface area contributed by atoms with Crippen LogP contribution in [-0.2, 0) is 4.79 Å². The Morgan fingerprint density at radius 2 is 1.88 bits per heavy atom. The second kappa shape index (κ2) is 4.75. The smallest absolute Gasteiger partial charge is 0.241 e. The maximum Gasteiger partial charge on any atom is 0.241 e. The van der Waals surface area contributed by atoms with Crippen molar-refractivity contribution in [2.75, 3.05) is 25.5 Å². The predicted octanol–water partition coefficient (Wildman–Crippen LogP) is 0.902. The summed E-state index contributed by atoms with van der Waals surface area (Å²) in [6.07, 6.45) is 0. The van der Waals surface area contributed by atoms with E-state index in [1.54, 1.807) is 0 Å². The molecular weight excluding hydrogens is 214 g/mol. The fourth-order valence-electron chi connectivity index (χ4n) is 1.99. The lowest BCUT2D eigenvalue weighted by Gasteiger charge is -2.29. The van der Waals surface area contributed by atoms with Crippen LogP contribution in [0.1, 0.15) is 18.5 Å². The van der Waals surface area contributed by atoms with Crippen LogP contribution in [0, 0.1) is 0 Å². The van der Waals surface area contributed by atoms with Gasteiger partial charge in [0, 0.05) is 32.4 Å². The lowest BCUT2D eigenvalue weighted by atomic mass is 10.0. The first-order chi connectivity index (χ1) is 8.08. The van der Waals surface area contributed by atoms with E-state index in [4.69, 9.17) is 0 Å². The van der Waals surface area contributed by atoms with Crippen molar-refractivity contribution in [3.63, 3.8) is 0 Å². The summed E-state index contributed by atoms with van der Waals surface area (Å²) in [5.74, 6) is 0.0562. The molecule has 0 aromatic heterocycles. The third-order valence-electron chi connectivity index (χ3n) is 3.04. The number of carbonyl (C=O) groups excluding carboxylic acids is 1. The fourth-order valence-corrected chi connectivity index (χ4v) is 1.99. The van der Waals surface area contributed by atoms with Crippen LogP contribution in [0.4, 0.5) is 5.69 Å². The van der Waals surface area contributed by atoms with Crippen molar-refractivity contribution >= 4 is 11.6 Å². The standard InChI is InChI=1S/C13H19N3O/c1-9-8-14-13(17)12(15-9)10-4-6-11(7-5-10)16(2)3/h4-7,9,12,15H,8H2,1-3H3,(H,14,17). The number of rotatable bonds is 2. The van der Waals surface area contributed by atoms with Gasteiger partial charge in [-0.05, 0) is 24.6 Å². The van der Waals surface area contributed by atoms with Crippen LogP contribution in [-0.4, -0.2) is 32.6 Å². The van der Waals surface area contributed by atoms with Crippen LogP contribution in [0.3, 0.4) is 0 Å². The SMILES string of the molecule is CC1CNC(=O)C(c2ccc(N(C)C)cc2)N1. The quantitative estimate of drug-likeness (QED) is 0.798. The molecule has 0 bridgehead atoms. The van der Waals surface area contributed by atoms with Crippen molar-refractivity contribution < 1.29 is 4.79 Å². The molecule has 0 radical (unpaired) electrons. The molecule has 1 aliphatic heterocycles. The van der Waals surface area contributed by atoms with Gasteiger partial charge >= 0.3 is 0 Å². The second-order valence-electron chi connectivity index (χ2n) is 4.73. The molecule has 1 heterocycles. The van der Waals surface area contributed by atoms with E-state index in [2.05, 4.69) is 17.6 Å². The monoisotopic (exact) mass is 233 g/mol. The molecule has 1 amide bonds. The Labute approximate surface area is 102 Å². The first-order valence-corrected chi connectivity index (χ1v) is 5.89. The van der Waals surface area contributed by atoms with Gasteiger partial charge in [-0.3, -0.25) is 10.1 Å². The Balaban J connectivity index is 2.18. The first-order valence-electron chi connectivity index (χ1n) is 5.89. The molecule has 1 saturated heterocycles. The zero-order valence-electron chi connectivity index (χ0n) is 10.5.